The molecule has 21 heavy (non-hydrogen) atoms. The van der Waals surface area contributed by atoms with Gasteiger partial charge in [-0.2, -0.15) is 9.40 Å². The monoisotopic (exact) mass is 314 g/mol. The third-order valence-corrected chi connectivity index (χ3v) is 6.28. The van der Waals surface area contributed by atoms with Crippen molar-refractivity contribution in [3.63, 3.8) is 0 Å². The molecule has 1 aromatic heterocycles. The van der Waals surface area contributed by atoms with E-state index in [1.807, 2.05) is 13.8 Å². The fraction of sp³-hybridized carbons (Fsp3) is 0.786. The Kier molecular flexibility index (Phi) is 5.40. The summed E-state index contributed by atoms with van der Waals surface area (Å²) < 4.78 is 27.8. The molecule has 0 saturated carbocycles. The van der Waals surface area contributed by atoms with E-state index in [1.165, 1.54) is 0 Å². The van der Waals surface area contributed by atoms with Gasteiger partial charge in [0.05, 0.1) is 11.4 Å². The molecular weight excluding hydrogens is 288 g/mol. The number of hydrogen-bond donors (Lipinski definition) is 2. The summed E-state index contributed by atoms with van der Waals surface area (Å²) in [7, 11) is -3.48. The molecular formula is C14H26N4O2S. The van der Waals surface area contributed by atoms with Crippen LogP contribution in [-0.4, -0.2) is 42.1 Å². The van der Waals surface area contributed by atoms with Gasteiger partial charge < -0.3 is 5.32 Å². The van der Waals surface area contributed by atoms with Gasteiger partial charge in [0.2, 0.25) is 10.0 Å². The highest BCUT2D eigenvalue weighted by atomic mass is 32.2. The van der Waals surface area contributed by atoms with Gasteiger partial charge in [-0.25, -0.2) is 8.42 Å². The zero-order chi connectivity index (χ0) is 15.5. The predicted octanol–water partition coefficient (Wildman–Crippen LogP) is 1.78. The Morgan fingerprint density at radius 1 is 1.38 bits per heavy atom. The molecule has 1 aliphatic rings. The molecule has 0 spiro atoms. The lowest BCUT2D eigenvalue weighted by atomic mass is 10.1. The van der Waals surface area contributed by atoms with Crippen LogP contribution in [0.3, 0.4) is 0 Å². The van der Waals surface area contributed by atoms with Gasteiger partial charge in [-0.1, -0.05) is 19.8 Å². The van der Waals surface area contributed by atoms with Crippen LogP contribution in [-0.2, 0) is 16.6 Å². The summed E-state index contributed by atoms with van der Waals surface area (Å²) in [4.78, 5) is 0.359. The van der Waals surface area contributed by atoms with Crippen LogP contribution in [0.15, 0.2) is 4.90 Å². The Hall–Kier alpha value is -0.920. The van der Waals surface area contributed by atoms with Crippen LogP contribution in [0.2, 0.25) is 0 Å². The van der Waals surface area contributed by atoms with Crippen LogP contribution in [0, 0.1) is 6.92 Å². The number of rotatable bonds is 5. The number of aryl methyl sites for hydroxylation is 1. The molecule has 1 unspecified atom stereocenters. The van der Waals surface area contributed by atoms with Crippen molar-refractivity contribution in [1.29, 1.82) is 0 Å². The minimum Gasteiger partial charge on any atom is -0.311 e. The van der Waals surface area contributed by atoms with Crippen LogP contribution >= 0.6 is 0 Å². The number of nitrogens with zero attached hydrogens (tertiary/aromatic N) is 2. The highest BCUT2D eigenvalue weighted by Gasteiger charge is 2.34. The molecule has 0 radical (unpaired) electrons. The second-order valence-corrected chi connectivity index (χ2v) is 7.55. The maximum absolute atomic E-state index is 13.1. The molecule has 0 bridgehead atoms. The van der Waals surface area contributed by atoms with Crippen LogP contribution in [0.25, 0.3) is 0 Å². The number of hydrogen-bond acceptors (Lipinski definition) is 4. The van der Waals surface area contributed by atoms with Crippen LogP contribution < -0.4 is 5.32 Å². The quantitative estimate of drug-likeness (QED) is 0.868. The maximum atomic E-state index is 13.1. The Bertz CT molecular complexity index is 568. The van der Waals surface area contributed by atoms with Gasteiger partial charge in [-0.15, -0.1) is 0 Å². The van der Waals surface area contributed by atoms with Gasteiger partial charge in [0.1, 0.15) is 4.90 Å². The van der Waals surface area contributed by atoms with E-state index in [0.717, 1.165) is 32.2 Å². The summed E-state index contributed by atoms with van der Waals surface area (Å²) in [5, 5.41) is 10.1. The zero-order valence-electron chi connectivity index (χ0n) is 13.1. The van der Waals surface area contributed by atoms with Crippen molar-refractivity contribution in [3.05, 3.63) is 11.4 Å². The summed E-state index contributed by atoms with van der Waals surface area (Å²) >= 11 is 0. The summed E-state index contributed by atoms with van der Waals surface area (Å²) in [6, 6.07) is 0.0544. The second kappa shape index (κ2) is 6.89. The number of aromatic amines is 1. The highest BCUT2D eigenvalue weighted by molar-refractivity contribution is 7.89. The molecule has 0 aliphatic carbocycles. The predicted molar refractivity (Wildman–Crippen MR) is 82.5 cm³/mol. The summed E-state index contributed by atoms with van der Waals surface area (Å²) in [6.45, 7) is 7.63. The van der Waals surface area contributed by atoms with Crippen molar-refractivity contribution in [2.75, 3.05) is 13.1 Å². The Labute approximate surface area is 127 Å². The fourth-order valence-electron chi connectivity index (χ4n) is 2.90. The topological polar surface area (TPSA) is 78.1 Å². The highest BCUT2D eigenvalue weighted by Crippen LogP contribution is 2.27. The third-order valence-electron chi connectivity index (χ3n) is 4.06. The average Bonchev–Trinajstić information content (AvgIpc) is 2.66. The van der Waals surface area contributed by atoms with E-state index in [9.17, 15) is 8.42 Å². The van der Waals surface area contributed by atoms with Crippen molar-refractivity contribution in [2.45, 2.75) is 63.9 Å². The molecule has 1 saturated heterocycles. The van der Waals surface area contributed by atoms with Gasteiger partial charge >= 0.3 is 0 Å². The standard InChI is InChI=1S/C14H26N4O2S/c1-4-15-10-13-14(12(3)16-17-13)21(19,20)18-9-7-5-6-8-11(18)2/h11,15H,4-10H2,1-3H3,(H,16,17). The number of H-pyrrole nitrogens is 1. The molecule has 2 N–H and O–H groups in total. The molecule has 0 aromatic carbocycles. The molecule has 1 atom stereocenters. The van der Waals surface area contributed by atoms with Gasteiger partial charge in [0.15, 0.2) is 0 Å². The average molecular weight is 314 g/mol. The molecule has 1 fully saturated rings. The van der Waals surface area contributed by atoms with Gasteiger partial charge in [-0.05, 0) is 33.2 Å². The lowest BCUT2D eigenvalue weighted by Gasteiger charge is -2.26. The number of sulfonamides is 1. The van der Waals surface area contributed by atoms with Gasteiger partial charge in [0, 0.05) is 19.1 Å². The van der Waals surface area contributed by atoms with Crippen molar-refractivity contribution in [1.82, 2.24) is 19.8 Å². The van der Waals surface area contributed by atoms with E-state index >= 15 is 0 Å². The number of aromatic nitrogens is 2. The first-order valence-electron chi connectivity index (χ1n) is 7.75. The SMILES string of the molecule is CCNCc1n[nH]c(C)c1S(=O)(=O)N1CCCCCC1C. The van der Waals surface area contributed by atoms with Crippen LogP contribution in [0.5, 0.6) is 0 Å². The van der Waals surface area contributed by atoms with Crippen molar-refractivity contribution in [2.24, 2.45) is 0 Å². The molecule has 6 nitrogen and oxygen atoms in total. The number of nitrogens with one attached hydrogen (secondary N) is 2. The van der Waals surface area contributed by atoms with Crippen molar-refractivity contribution < 1.29 is 8.42 Å². The molecule has 1 aliphatic heterocycles. The van der Waals surface area contributed by atoms with Crippen LogP contribution in [0.1, 0.15) is 50.9 Å². The molecule has 7 heteroatoms. The van der Waals surface area contributed by atoms with Crippen molar-refractivity contribution >= 4 is 10.0 Å². The summed E-state index contributed by atoms with van der Waals surface area (Å²) in [6.07, 6.45) is 4.06. The Morgan fingerprint density at radius 3 is 2.86 bits per heavy atom. The Balaban J connectivity index is 2.36. The first-order valence-corrected chi connectivity index (χ1v) is 9.19. The minimum absolute atomic E-state index is 0.0544. The smallest absolute Gasteiger partial charge is 0.247 e. The largest absolute Gasteiger partial charge is 0.311 e. The van der Waals surface area contributed by atoms with E-state index in [1.54, 1.807) is 11.2 Å². The van der Waals surface area contributed by atoms with E-state index < -0.39 is 10.0 Å². The molecule has 1 aromatic rings. The lowest BCUT2D eigenvalue weighted by Crippen LogP contribution is -2.38. The van der Waals surface area contributed by atoms with E-state index in [0.29, 0.717) is 29.4 Å². The summed E-state index contributed by atoms with van der Waals surface area (Å²) in [5.74, 6) is 0. The minimum atomic E-state index is -3.48. The van der Waals surface area contributed by atoms with Gasteiger partial charge in [-0.3, -0.25) is 5.10 Å². The summed E-state index contributed by atoms with van der Waals surface area (Å²) in [5.41, 5.74) is 1.21. The zero-order valence-corrected chi connectivity index (χ0v) is 14.0. The molecule has 0 amide bonds. The first-order chi connectivity index (χ1) is 9.98. The Morgan fingerprint density at radius 2 is 2.14 bits per heavy atom. The van der Waals surface area contributed by atoms with Crippen molar-refractivity contribution in [3.8, 4) is 0 Å². The molecule has 2 heterocycles. The van der Waals surface area contributed by atoms with Crippen LogP contribution in [0.4, 0.5) is 0 Å². The normalized spacial score (nSPS) is 21.4. The van der Waals surface area contributed by atoms with E-state index in [-0.39, 0.29) is 6.04 Å². The maximum Gasteiger partial charge on any atom is 0.247 e. The second-order valence-electron chi connectivity index (χ2n) is 5.72. The molecule has 120 valence electrons. The first kappa shape index (κ1) is 16.5. The van der Waals surface area contributed by atoms with E-state index in [2.05, 4.69) is 15.5 Å². The fourth-order valence-corrected chi connectivity index (χ4v) is 4.93. The van der Waals surface area contributed by atoms with E-state index in [4.69, 9.17) is 0 Å². The third kappa shape index (κ3) is 3.46. The molecule has 2 rings (SSSR count). The van der Waals surface area contributed by atoms with Gasteiger partial charge in [0.25, 0.3) is 0 Å². The lowest BCUT2D eigenvalue weighted by molar-refractivity contribution is 0.341.